The molecule has 0 saturated carbocycles. The molecule has 0 aromatic carbocycles. The van der Waals surface area contributed by atoms with Crippen molar-refractivity contribution in [1.29, 1.82) is 0 Å². The maximum absolute atomic E-state index is 5.18. The molecule has 0 radical (unpaired) electrons. The van der Waals surface area contributed by atoms with Crippen molar-refractivity contribution in [3.8, 4) is 5.88 Å². The number of hydrogen-bond acceptors (Lipinski definition) is 6. The van der Waals surface area contributed by atoms with Crippen molar-refractivity contribution in [2.75, 3.05) is 13.4 Å². The van der Waals surface area contributed by atoms with Crippen molar-refractivity contribution in [2.45, 2.75) is 11.3 Å². The molecular formula is C8H9N3OS2. The van der Waals surface area contributed by atoms with Crippen LogP contribution in [-0.2, 0) is 0 Å². The monoisotopic (exact) mass is 227 g/mol. The van der Waals surface area contributed by atoms with E-state index in [1.807, 2.05) is 13.2 Å². The average Bonchev–Trinajstić information content (AvgIpc) is 2.59. The zero-order valence-electron chi connectivity index (χ0n) is 8.07. The van der Waals surface area contributed by atoms with E-state index in [0.29, 0.717) is 11.7 Å². The van der Waals surface area contributed by atoms with Gasteiger partial charge in [-0.25, -0.2) is 9.97 Å². The second kappa shape index (κ2) is 3.70. The van der Waals surface area contributed by atoms with Crippen LogP contribution in [0, 0.1) is 6.92 Å². The zero-order valence-corrected chi connectivity index (χ0v) is 9.70. The molecule has 2 rings (SSSR count). The summed E-state index contributed by atoms with van der Waals surface area (Å²) >= 11 is 3.16. The Labute approximate surface area is 89.7 Å². The van der Waals surface area contributed by atoms with Gasteiger partial charge in [-0.1, -0.05) is 11.8 Å². The standard InChI is InChI=1S/C8H9N3OS2/c1-4-9-6-5(7(10-4)12-2)14-8(11-6)13-3/h1-3H3. The summed E-state index contributed by atoms with van der Waals surface area (Å²) in [4.78, 5) is 12.8. The largest absolute Gasteiger partial charge is 0.480 e. The Hall–Kier alpha value is -0.880. The fourth-order valence-electron chi connectivity index (χ4n) is 1.11. The smallest absolute Gasteiger partial charge is 0.236 e. The van der Waals surface area contributed by atoms with E-state index in [4.69, 9.17) is 4.74 Å². The van der Waals surface area contributed by atoms with Crippen LogP contribution >= 0.6 is 23.1 Å². The Morgan fingerprint density at radius 2 is 2.07 bits per heavy atom. The van der Waals surface area contributed by atoms with Crippen LogP contribution in [0.1, 0.15) is 5.82 Å². The van der Waals surface area contributed by atoms with E-state index >= 15 is 0 Å². The van der Waals surface area contributed by atoms with E-state index in [9.17, 15) is 0 Å². The van der Waals surface area contributed by atoms with Crippen molar-refractivity contribution in [2.24, 2.45) is 0 Å². The third-order valence-corrected chi connectivity index (χ3v) is 3.70. The number of rotatable bonds is 2. The summed E-state index contributed by atoms with van der Waals surface area (Å²) in [7, 11) is 1.61. The molecule has 0 aliphatic rings. The van der Waals surface area contributed by atoms with Crippen molar-refractivity contribution >= 4 is 33.4 Å². The molecule has 6 heteroatoms. The molecule has 0 atom stereocenters. The molecular weight excluding hydrogens is 218 g/mol. The highest BCUT2D eigenvalue weighted by molar-refractivity contribution is 8.00. The quantitative estimate of drug-likeness (QED) is 0.735. The molecule has 0 amide bonds. The Morgan fingerprint density at radius 3 is 2.71 bits per heavy atom. The minimum atomic E-state index is 0.616. The van der Waals surface area contributed by atoms with Gasteiger partial charge in [-0.2, -0.15) is 4.98 Å². The predicted octanol–water partition coefficient (Wildman–Crippen LogP) is 2.13. The van der Waals surface area contributed by atoms with Crippen LogP contribution in [0.15, 0.2) is 4.34 Å². The summed E-state index contributed by atoms with van der Waals surface area (Å²) < 4.78 is 7.08. The van der Waals surface area contributed by atoms with E-state index in [-0.39, 0.29) is 0 Å². The third-order valence-electron chi connectivity index (χ3n) is 1.68. The summed E-state index contributed by atoms with van der Waals surface area (Å²) in [6.45, 7) is 1.83. The molecule has 0 bridgehead atoms. The topological polar surface area (TPSA) is 47.9 Å². The van der Waals surface area contributed by atoms with E-state index in [0.717, 1.165) is 14.7 Å². The Kier molecular flexibility index (Phi) is 2.56. The normalized spacial score (nSPS) is 10.8. The first kappa shape index (κ1) is 9.67. The van der Waals surface area contributed by atoms with Crippen LogP contribution in [0.25, 0.3) is 10.3 Å². The molecule has 0 fully saturated rings. The van der Waals surface area contributed by atoms with Gasteiger partial charge in [0.25, 0.3) is 0 Å². The van der Waals surface area contributed by atoms with Gasteiger partial charge < -0.3 is 4.74 Å². The fourth-order valence-corrected chi connectivity index (χ4v) is 2.58. The lowest BCUT2D eigenvalue weighted by molar-refractivity contribution is 0.402. The number of thioether (sulfide) groups is 1. The molecule has 2 heterocycles. The molecule has 2 aromatic heterocycles. The highest BCUT2D eigenvalue weighted by Crippen LogP contribution is 2.32. The van der Waals surface area contributed by atoms with Crippen molar-refractivity contribution < 1.29 is 4.74 Å². The summed E-state index contributed by atoms with van der Waals surface area (Å²) in [6, 6.07) is 0. The molecule has 0 saturated heterocycles. The molecule has 0 aliphatic heterocycles. The lowest BCUT2D eigenvalue weighted by Gasteiger charge is -1.98. The molecule has 2 aromatic rings. The number of methoxy groups -OCH3 is 1. The lowest BCUT2D eigenvalue weighted by Crippen LogP contribution is -1.93. The highest BCUT2D eigenvalue weighted by atomic mass is 32.2. The van der Waals surface area contributed by atoms with Gasteiger partial charge >= 0.3 is 0 Å². The van der Waals surface area contributed by atoms with Gasteiger partial charge in [0.2, 0.25) is 5.88 Å². The SMILES string of the molecule is COc1nc(C)nc2nc(SC)sc12. The first-order chi connectivity index (χ1) is 6.74. The molecule has 0 unspecified atom stereocenters. The molecule has 14 heavy (non-hydrogen) atoms. The van der Waals surface area contributed by atoms with Crippen molar-refractivity contribution in [3.05, 3.63) is 5.82 Å². The van der Waals surface area contributed by atoms with Gasteiger partial charge in [-0.05, 0) is 13.2 Å². The van der Waals surface area contributed by atoms with Crippen molar-refractivity contribution in [1.82, 2.24) is 15.0 Å². The Morgan fingerprint density at radius 1 is 1.29 bits per heavy atom. The number of ether oxygens (including phenoxy) is 1. The van der Waals surface area contributed by atoms with Gasteiger partial charge in [-0.3, -0.25) is 0 Å². The van der Waals surface area contributed by atoms with Gasteiger partial charge in [-0.15, -0.1) is 11.3 Å². The number of aromatic nitrogens is 3. The second-order valence-electron chi connectivity index (χ2n) is 2.62. The van der Waals surface area contributed by atoms with Crippen LogP contribution in [-0.4, -0.2) is 28.3 Å². The number of nitrogens with zero attached hydrogens (tertiary/aromatic N) is 3. The number of fused-ring (bicyclic) bond motifs is 1. The van der Waals surface area contributed by atoms with Crippen LogP contribution in [0.2, 0.25) is 0 Å². The Balaban J connectivity index is 2.71. The van der Waals surface area contributed by atoms with E-state index in [1.165, 1.54) is 0 Å². The molecule has 0 N–H and O–H groups in total. The fraction of sp³-hybridized carbons (Fsp3) is 0.375. The van der Waals surface area contributed by atoms with Crippen LogP contribution in [0.3, 0.4) is 0 Å². The zero-order chi connectivity index (χ0) is 10.1. The second-order valence-corrected chi connectivity index (χ2v) is 4.67. The van der Waals surface area contributed by atoms with Crippen LogP contribution < -0.4 is 4.74 Å². The maximum atomic E-state index is 5.18. The number of aryl methyl sites for hydroxylation is 1. The maximum Gasteiger partial charge on any atom is 0.236 e. The summed E-state index contributed by atoms with van der Waals surface area (Å²) in [6.07, 6.45) is 1.99. The first-order valence-electron chi connectivity index (χ1n) is 3.97. The van der Waals surface area contributed by atoms with Crippen molar-refractivity contribution in [3.63, 3.8) is 0 Å². The molecule has 0 spiro atoms. The number of hydrogen-bond donors (Lipinski definition) is 0. The van der Waals surface area contributed by atoms with Crippen LogP contribution in [0.5, 0.6) is 5.88 Å². The molecule has 74 valence electrons. The minimum absolute atomic E-state index is 0.616. The highest BCUT2D eigenvalue weighted by Gasteiger charge is 2.11. The van der Waals surface area contributed by atoms with Gasteiger partial charge in [0.05, 0.1) is 7.11 Å². The third kappa shape index (κ3) is 1.55. The van der Waals surface area contributed by atoms with Gasteiger partial charge in [0.15, 0.2) is 9.99 Å². The predicted molar refractivity (Wildman–Crippen MR) is 58.3 cm³/mol. The minimum Gasteiger partial charge on any atom is -0.480 e. The van der Waals surface area contributed by atoms with E-state index in [1.54, 1.807) is 30.2 Å². The van der Waals surface area contributed by atoms with Crippen LogP contribution in [0.4, 0.5) is 0 Å². The van der Waals surface area contributed by atoms with Gasteiger partial charge in [0.1, 0.15) is 10.5 Å². The summed E-state index contributed by atoms with van der Waals surface area (Å²) in [5, 5.41) is 0. The lowest BCUT2D eigenvalue weighted by atomic mass is 10.5. The summed E-state index contributed by atoms with van der Waals surface area (Å²) in [5.74, 6) is 1.30. The number of thiazole rings is 1. The van der Waals surface area contributed by atoms with E-state index in [2.05, 4.69) is 15.0 Å². The average molecular weight is 227 g/mol. The Bertz CT molecular complexity index is 469. The summed E-state index contributed by atoms with van der Waals surface area (Å²) in [5.41, 5.74) is 0.726. The van der Waals surface area contributed by atoms with Gasteiger partial charge in [0, 0.05) is 0 Å². The van der Waals surface area contributed by atoms with E-state index < -0.39 is 0 Å². The molecule has 0 aliphatic carbocycles. The molecule has 4 nitrogen and oxygen atoms in total. The first-order valence-corrected chi connectivity index (χ1v) is 6.02.